The second-order valence-electron chi connectivity index (χ2n) is 12.3. The predicted molar refractivity (Wildman–Crippen MR) is 167 cm³/mol. The molecular formula is C32H37F3N4O4S2. The number of aromatic nitrogens is 3. The van der Waals surface area contributed by atoms with Gasteiger partial charge in [0.1, 0.15) is 5.52 Å². The van der Waals surface area contributed by atoms with Crippen molar-refractivity contribution >= 4 is 38.4 Å². The molecule has 5 rings (SSSR count). The number of nitrogens with zero attached hydrogens (tertiary/aromatic N) is 4. The molecule has 3 heterocycles. The Kier molecular flexibility index (Phi) is 8.69. The number of alkyl halides is 3. The second kappa shape index (κ2) is 11.8. The first-order valence-electron chi connectivity index (χ1n) is 14.9. The van der Waals surface area contributed by atoms with Crippen LogP contribution in [0.1, 0.15) is 77.6 Å². The molecule has 13 heteroatoms. The number of halogens is 3. The quantitative estimate of drug-likeness (QED) is 0.215. The Balaban J connectivity index is 1.59. The Morgan fingerprint density at radius 3 is 2.47 bits per heavy atom. The summed E-state index contributed by atoms with van der Waals surface area (Å²) in [5, 5.41) is 18.9. The van der Waals surface area contributed by atoms with Gasteiger partial charge in [0.2, 0.25) is 10.0 Å². The number of fused-ring (bicyclic) bond motifs is 2. The van der Waals surface area contributed by atoms with E-state index in [0.717, 1.165) is 38.5 Å². The minimum atomic E-state index is -4.68. The molecule has 0 bridgehead atoms. The number of rotatable bonds is 8. The third-order valence-electron chi connectivity index (χ3n) is 9.10. The fourth-order valence-electron chi connectivity index (χ4n) is 6.25. The van der Waals surface area contributed by atoms with E-state index >= 15 is 0 Å². The Morgan fingerprint density at radius 1 is 1.13 bits per heavy atom. The van der Waals surface area contributed by atoms with Crippen molar-refractivity contribution in [2.45, 2.75) is 84.5 Å². The highest BCUT2D eigenvalue weighted by Crippen LogP contribution is 2.47. The number of thiophene rings is 1. The number of carboxylic acid groups (broad SMARTS) is 1. The first-order valence-corrected chi connectivity index (χ1v) is 17.1. The van der Waals surface area contributed by atoms with E-state index in [-0.39, 0.29) is 23.9 Å². The molecule has 0 saturated carbocycles. The zero-order valence-corrected chi connectivity index (χ0v) is 27.7. The van der Waals surface area contributed by atoms with Gasteiger partial charge in [0.15, 0.2) is 0 Å². The van der Waals surface area contributed by atoms with Gasteiger partial charge in [0, 0.05) is 35.3 Å². The van der Waals surface area contributed by atoms with E-state index in [2.05, 4.69) is 10.3 Å². The number of aryl methyl sites for hydroxylation is 3. The minimum absolute atomic E-state index is 0.0418. The first-order chi connectivity index (χ1) is 21.0. The fourth-order valence-corrected chi connectivity index (χ4v) is 9.35. The average molecular weight is 663 g/mol. The maximum Gasteiger partial charge on any atom is 0.416 e. The van der Waals surface area contributed by atoms with E-state index in [9.17, 15) is 31.5 Å². The molecule has 1 aliphatic rings. The summed E-state index contributed by atoms with van der Waals surface area (Å²) in [6, 6.07) is 8.65. The van der Waals surface area contributed by atoms with Crippen LogP contribution in [0.4, 0.5) is 13.2 Å². The van der Waals surface area contributed by atoms with Gasteiger partial charge in [-0.2, -0.15) is 17.5 Å². The third kappa shape index (κ3) is 5.90. The Bertz CT molecular complexity index is 1880. The standard InChI is InChI=1S/C32H37F3N4O4S2/c1-7-20-13-21-9-10-23(32(33,34)35)15-27(21)45(42,43)38(16-20)17-22-14-26(44-19(22)4)28(31(5,6)30(40)41)24-11-12-25-29(18(24)3)36-37-39(25)8-2/h9-12,14-15,20,28H,7-8,13,16-17H2,1-6H3,(H,40,41)/t20-,28+/m0/s1. The molecule has 0 radical (unpaired) electrons. The number of aliphatic carboxylic acids is 1. The molecule has 242 valence electrons. The van der Waals surface area contributed by atoms with Gasteiger partial charge in [-0.25, -0.2) is 13.1 Å². The van der Waals surface area contributed by atoms with Crippen LogP contribution in [0.25, 0.3) is 11.0 Å². The number of carboxylic acids is 1. The number of benzene rings is 2. The fraction of sp³-hybridized carbons (Fsp3) is 0.469. The van der Waals surface area contributed by atoms with Crippen molar-refractivity contribution < 1.29 is 31.5 Å². The van der Waals surface area contributed by atoms with Crippen LogP contribution in [0, 0.1) is 25.2 Å². The summed E-state index contributed by atoms with van der Waals surface area (Å²) in [6.45, 7) is 11.7. The van der Waals surface area contributed by atoms with Crippen LogP contribution in [0.5, 0.6) is 0 Å². The van der Waals surface area contributed by atoms with E-state index in [0.29, 0.717) is 36.0 Å². The minimum Gasteiger partial charge on any atom is -0.481 e. The molecule has 2 aromatic heterocycles. The highest BCUT2D eigenvalue weighted by molar-refractivity contribution is 7.89. The number of hydrogen-bond acceptors (Lipinski definition) is 6. The van der Waals surface area contributed by atoms with Crippen molar-refractivity contribution in [3.8, 4) is 0 Å². The number of hydrogen-bond donors (Lipinski definition) is 1. The van der Waals surface area contributed by atoms with Gasteiger partial charge >= 0.3 is 12.1 Å². The number of sulfonamides is 1. The van der Waals surface area contributed by atoms with Crippen LogP contribution in [0.15, 0.2) is 41.3 Å². The highest BCUT2D eigenvalue weighted by Gasteiger charge is 2.42. The molecule has 0 saturated heterocycles. The summed E-state index contributed by atoms with van der Waals surface area (Å²) in [7, 11) is -4.27. The van der Waals surface area contributed by atoms with Crippen LogP contribution in [0.2, 0.25) is 0 Å². The van der Waals surface area contributed by atoms with E-state index in [1.54, 1.807) is 18.5 Å². The van der Waals surface area contributed by atoms with Crippen molar-refractivity contribution in [1.82, 2.24) is 19.3 Å². The molecule has 1 aliphatic heterocycles. The van der Waals surface area contributed by atoms with Gasteiger partial charge in [0.05, 0.1) is 21.4 Å². The lowest BCUT2D eigenvalue weighted by molar-refractivity contribution is -0.147. The van der Waals surface area contributed by atoms with Gasteiger partial charge in [0.25, 0.3) is 0 Å². The first kappa shape index (κ1) is 33.1. The smallest absolute Gasteiger partial charge is 0.416 e. The predicted octanol–water partition coefficient (Wildman–Crippen LogP) is 7.16. The van der Waals surface area contributed by atoms with E-state index in [1.165, 1.54) is 21.7 Å². The van der Waals surface area contributed by atoms with Crippen molar-refractivity contribution in [3.63, 3.8) is 0 Å². The lowest BCUT2D eigenvalue weighted by Crippen LogP contribution is -2.33. The largest absolute Gasteiger partial charge is 0.481 e. The van der Waals surface area contributed by atoms with Crippen molar-refractivity contribution in [2.24, 2.45) is 11.3 Å². The monoisotopic (exact) mass is 662 g/mol. The summed E-state index contributed by atoms with van der Waals surface area (Å²) in [5.41, 5.74) is 1.96. The summed E-state index contributed by atoms with van der Waals surface area (Å²) in [6.07, 6.45) is -3.67. The molecule has 0 fully saturated rings. The Morgan fingerprint density at radius 2 is 1.84 bits per heavy atom. The van der Waals surface area contributed by atoms with Crippen molar-refractivity contribution in [2.75, 3.05) is 6.54 Å². The van der Waals surface area contributed by atoms with Gasteiger partial charge in [-0.3, -0.25) is 4.79 Å². The van der Waals surface area contributed by atoms with E-state index in [4.69, 9.17) is 0 Å². The maximum atomic E-state index is 14.0. The maximum absolute atomic E-state index is 14.0. The van der Waals surface area contributed by atoms with Gasteiger partial charge in [-0.1, -0.05) is 30.7 Å². The SMILES string of the molecule is CC[C@H]1Cc2ccc(C(F)(F)F)cc2S(=O)(=O)N(Cc2cc([C@@H](c3ccc4c(nnn4CC)c3C)C(C)(C)C(=O)O)sc2C)C1. The molecule has 45 heavy (non-hydrogen) atoms. The van der Waals surface area contributed by atoms with Gasteiger partial charge in [-0.05, 0) is 93.5 Å². The van der Waals surface area contributed by atoms with E-state index < -0.39 is 39.1 Å². The molecular weight excluding hydrogens is 626 g/mol. The highest BCUT2D eigenvalue weighted by atomic mass is 32.2. The molecule has 0 spiro atoms. The van der Waals surface area contributed by atoms with Crippen LogP contribution < -0.4 is 0 Å². The molecule has 0 aliphatic carbocycles. The lowest BCUT2D eigenvalue weighted by atomic mass is 9.72. The van der Waals surface area contributed by atoms with Gasteiger partial charge in [-0.15, -0.1) is 16.4 Å². The zero-order chi connectivity index (χ0) is 33.1. The molecule has 2 aromatic carbocycles. The van der Waals surface area contributed by atoms with Crippen LogP contribution in [-0.2, 0) is 40.5 Å². The normalized spacial score (nSPS) is 18.1. The van der Waals surface area contributed by atoms with Crippen LogP contribution in [0.3, 0.4) is 0 Å². The van der Waals surface area contributed by atoms with Crippen molar-refractivity contribution in [3.05, 3.63) is 74.0 Å². The van der Waals surface area contributed by atoms with Crippen LogP contribution in [-0.4, -0.2) is 45.3 Å². The molecule has 2 atom stereocenters. The lowest BCUT2D eigenvalue weighted by Gasteiger charge is -2.31. The molecule has 8 nitrogen and oxygen atoms in total. The average Bonchev–Trinajstić information content (AvgIpc) is 3.52. The van der Waals surface area contributed by atoms with E-state index in [1.807, 2.05) is 45.9 Å². The summed E-state index contributed by atoms with van der Waals surface area (Å²) < 4.78 is 71.8. The molecule has 1 N–H and O–H groups in total. The Hall–Kier alpha value is -3.29. The molecule has 0 unspecified atom stereocenters. The zero-order valence-electron chi connectivity index (χ0n) is 26.1. The Labute approximate surface area is 264 Å². The second-order valence-corrected chi connectivity index (χ2v) is 15.5. The third-order valence-corrected chi connectivity index (χ3v) is 12.1. The van der Waals surface area contributed by atoms with Crippen LogP contribution >= 0.6 is 11.3 Å². The van der Waals surface area contributed by atoms with Gasteiger partial charge < -0.3 is 5.11 Å². The topological polar surface area (TPSA) is 105 Å². The molecule has 4 aromatic rings. The molecule has 0 amide bonds. The number of carbonyl (C=O) groups is 1. The summed E-state index contributed by atoms with van der Waals surface area (Å²) in [5.74, 6) is -1.67. The summed E-state index contributed by atoms with van der Waals surface area (Å²) in [4.78, 5) is 13.9. The summed E-state index contributed by atoms with van der Waals surface area (Å²) >= 11 is 1.40. The van der Waals surface area contributed by atoms with Crippen molar-refractivity contribution in [1.29, 1.82) is 0 Å².